The molecule has 0 saturated heterocycles. The highest BCUT2D eigenvalue weighted by atomic mass is 35.5. The van der Waals surface area contributed by atoms with Gasteiger partial charge in [0.05, 0.1) is 11.8 Å². The van der Waals surface area contributed by atoms with Gasteiger partial charge >= 0.3 is 5.97 Å². The molecule has 0 aliphatic heterocycles. The summed E-state index contributed by atoms with van der Waals surface area (Å²) in [5.74, 6) is -1.67. The third-order valence-corrected chi connectivity index (χ3v) is 2.22. The van der Waals surface area contributed by atoms with Crippen molar-refractivity contribution in [2.24, 2.45) is 0 Å². The molecule has 0 aliphatic rings. The second-order valence-corrected chi connectivity index (χ2v) is 3.51. The standard InChI is InChI=1S/C10H6ClFN2O2/c11-7-1-2-9(8(12)3-7)14-5-6(4-13-14)10(15)16/h1-5H,(H,15,16). The maximum atomic E-state index is 13.5. The van der Waals surface area contributed by atoms with Gasteiger partial charge in [-0.25, -0.2) is 13.9 Å². The largest absolute Gasteiger partial charge is 0.478 e. The zero-order valence-corrected chi connectivity index (χ0v) is 8.65. The number of nitrogens with zero attached hydrogens (tertiary/aromatic N) is 2. The zero-order valence-electron chi connectivity index (χ0n) is 7.89. The fraction of sp³-hybridized carbons (Fsp3) is 0. The topological polar surface area (TPSA) is 55.1 Å². The van der Waals surface area contributed by atoms with Gasteiger partial charge in [-0.15, -0.1) is 0 Å². The van der Waals surface area contributed by atoms with Crippen LogP contribution in [0, 0.1) is 5.82 Å². The Hall–Kier alpha value is -1.88. The third kappa shape index (κ3) is 1.90. The van der Waals surface area contributed by atoms with E-state index in [0.29, 0.717) is 0 Å². The highest BCUT2D eigenvalue weighted by Gasteiger charge is 2.10. The van der Waals surface area contributed by atoms with E-state index in [1.54, 1.807) is 0 Å². The van der Waals surface area contributed by atoms with Crippen LogP contribution >= 0.6 is 11.6 Å². The molecular formula is C10H6ClFN2O2. The number of hydrogen-bond acceptors (Lipinski definition) is 2. The van der Waals surface area contributed by atoms with Crippen molar-refractivity contribution in [1.82, 2.24) is 9.78 Å². The van der Waals surface area contributed by atoms with Gasteiger partial charge in [0.15, 0.2) is 0 Å². The number of carboxylic acid groups (broad SMARTS) is 1. The van der Waals surface area contributed by atoms with Gasteiger partial charge in [-0.3, -0.25) is 0 Å². The van der Waals surface area contributed by atoms with Gasteiger partial charge < -0.3 is 5.11 Å². The van der Waals surface area contributed by atoms with E-state index in [9.17, 15) is 9.18 Å². The van der Waals surface area contributed by atoms with Crippen LogP contribution in [0.15, 0.2) is 30.6 Å². The molecule has 1 aromatic heterocycles. The Morgan fingerprint density at radius 1 is 1.50 bits per heavy atom. The monoisotopic (exact) mass is 240 g/mol. The molecule has 4 nitrogen and oxygen atoms in total. The molecule has 0 unspecified atom stereocenters. The maximum absolute atomic E-state index is 13.5. The van der Waals surface area contributed by atoms with Crippen LogP contribution in [0.3, 0.4) is 0 Å². The molecule has 0 amide bonds. The van der Waals surface area contributed by atoms with E-state index in [0.717, 1.165) is 16.9 Å². The summed E-state index contributed by atoms with van der Waals surface area (Å²) in [6.07, 6.45) is 2.38. The van der Waals surface area contributed by atoms with Gasteiger partial charge in [-0.05, 0) is 18.2 Å². The number of carbonyl (C=O) groups is 1. The van der Waals surface area contributed by atoms with Crippen molar-refractivity contribution in [3.63, 3.8) is 0 Å². The van der Waals surface area contributed by atoms with Crippen LogP contribution in [0.4, 0.5) is 4.39 Å². The molecule has 1 aromatic carbocycles. The first-order valence-corrected chi connectivity index (χ1v) is 4.69. The van der Waals surface area contributed by atoms with Crippen LogP contribution in [0.25, 0.3) is 5.69 Å². The summed E-state index contributed by atoms with van der Waals surface area (Å²) in [5, 5.41) is 12.7. The van der Waals surface area contributed by atoms with Crippen molar-refractivity contribution in [2.45, 2.75) is 0 Å². The molecule has 16 heavy (non-hydrogen) atoms. The van der Waals surface area contributed by atoms with E-state index in [-0.39, 0.29) is 16.3 Å². The molecule has 82 valence electrons. The van der Waals surface area contributed by atoms with Crippen molar-refractivity contribution in [3.8, 4) is 5.69 Å². The van der Waals surface area contributed by atoms with E-state index in [1.165, 1.54) is 18.3 Å². The zero-order chi connectivity index (χ0) is 11.7. The van der Waals surface area contributed by atoms with Crippen LogP contribution in [0.5, 0.6) is 0 Å². The summed E-state index contributed by atoms with van der Waals surface area (Å²) in [4.78, 5) is 10.6. The number of aromatic carboxylic acids is 1. The Morgan fingerprint density at radius 2 is 2.25 bits per heavy atom. The highest BCUT2D eigenvalue weighted by molar-refractivity contribution is 6.30. The Morgan fingerprint density at radius 3 is 2.81 bits per heavy atom. The van der Waals surface area contributed by atoms with Crippen molar-refractivity contribution in [2.75, 3.05) is 0 Å². The normalized spacial score (nSPS) is 10.4. The number of benzene rings is 1. The molecule has 0 saturated carbocycles. The average Bonchev–Trinajstić information content (AvgIpc) is 2.66. The smallest absolute Gasteiger partial charge is 0.338 e. The van der Waals surface area contributed by atoms with Crippen LogP contribution < -0.4 is 0 Å². The molecule has 1 N–H and O–H groups in total. The molecule has 2 aromatic rings. The predicted octanol–water partition coefficient (Wildman–Crippen LogP) is 2.36. The molecule has 0 bridgehead atoms. The Balaban J connectivity index is 2.46. The lowest BCUT2D eigenvalue weighted by molar-refractivity contribution is 0.0697. The molecule has 0 atom stereocenters. The lowest BCUT2D eigenvalue weighted by Gasteiger charge is -2.02. The average molecular weight is 241 g/mol. The lowest BCUT2D eigenvalue weighted by Crippen LogP contribution is -1.98. The molecule has 0 aliphatic carbocycles. The summed E-state index contributed by atoms with van der Waals surface area (Å²) >= 11 is 5.60. The first-order chi connectivity index (χ1) is 7.58. The summed E-state index contributed by atoms with van der Waals surface area (Å²) in [6.45, 7) is 0. The minimum absolute atomic E-state index is 0.00523. The SMILES string of the molecule is O=C(O)c1cnn(-c2ccc(Cl)cc2F)c1. The van der Waals surface area contributed by atoms with Gasteiger partial charge in [0.25, 0.3) is 0 Å². The van der Waals surface area contributed by atoms with Crippen molar-refractivity contribution in [1.29, 1.82) is 0 Å². The second-order valence-electron chi connectivity index (χ2n) is 3.07. The van der Waals surface area contributed by atoms with Gasteiger partial charge in [-0.1, -0.05) is 11.6 Å². The summed E-state index contributed by atoms with van der Waals surface area (Å²) in [6, 6.07) is 4.07. The van der Waals surface area contributed by atoms with Gasteiger partial charge in [0, 0.05) is 11.2 Å². The molecule has 0 spiro atoms. The Labute approximate surface area is 94.9 Å². The van der Waals surface area contributed by atoms with Gasteiger partial charge in [0.2, 0.25) is 0 Å². The van der Waals surface area contributed by atoms with Crippen LogP contribution in [-0.2, 0) is 0 Å². The number of rotatable bonds is 2. The predicted molar refractivity (Wildman–Crippen MR) is 55.5 cm³/mol. The van der Waals surface area contributed by atoms with E-state index in [4.69, 9.17) is 16.7 Å². The minimum atomic E-state index is -1.11. The second kappa shape index (κ2) is 3.94. The van der Waals surface area contributed by atoms with E-state index in [2.05, 4.69) is 5.10 Å². The number of aromatic nitrogens is 2. The summed E-state index contributed by atoms with van der Waals surface area (Å²) < 4.78 is 14.6. The lowest BCUT2D eigenvalue weighted by atomic mass is 10.3. The van der Waals surface area contributed by atoms with Crippen LogP contribution in [0.1, 0.15) is 10.4 Å². The number of halogens is 2. The van der Waals surface area contributed by atoms with E-state index in [1.807, 2.05) is 0 Å². The number of carboxylic acids is 1. The fourth-order valence-electron chi connectivity index (χ4n) is 1.23. The highest BCUT2D eigenvalue weighted by Crippen LogP contribution is 2.18. The molecule has 1 heterocycles. The summed E-state index contributed by atoms with van der Waals surface area (Å²) in [5.41, 5.74) is 0.145. The third-order valence-electron chi connectivity index (χ3n) is 1.99. The first kappa shape index (κ1) is 10.6. The van der Waals surface area contributed by atoms with Crippen LogP contribution in [0.2, 0.25) is 5.02 Å². The van der Waals surface area contributed by atoms with Crippen LogP contribution in [-0.4, -0.2) is 20.9 Å². The van der Waals surface area contributed by atoms with Crippen molar-refractivity contribution >= 4 is 17.6 Å². The molecule has 6 heteroatoms. The van der Waals surface area contributed by atoms with Gasteiger partial charge in [0.1, 0.15) is 11.5 Å². The molecule has 0 fully saturated rings. The molecular weight excluding hydrogens is 235 g/mol. The molecule has 0 radical (unpaired) electrons. The van der Waals surface area contributed by atoms with E-state index < -0.39 is 11.8 Å². The van der Waals surface area contributed by atoms with Crippen molar-refractivity contribution in [3.05, 3.63) is 47.0 Å². The maximum Gasteiger partial charge on any atom is 0.338 e. The van der Waals surface area contributed by atoms with E-state index >= 15 is 0 Å². The van der Waals surface area contributed by atoms with Gasteiger partial charge in [-0.2, -0.15) is 5.10 Å². The summed E-state index contributed by atoms with van der Waals surface area (Å²) in [7, 11) is 0. The first-order valence-electron chi connectivity index (χ1n) is 4.31. The Kier molecular flexibility index (Phi) is 2.62. The van der Waals surface area contributed by atoms with Crippen molar-refractivity contribution < 1.29 is 14.3 Å². The quantitative estimate of drug-likeness (QED) is 0.877. The fourth-order valence-corrected chi connectivity index (χ4v) is 1.39. The Bertz CT molecular complexity index is 554. The minimum Gasteiger partial charge on any atom is -0.478 e. The molecule has 2 rings (SSSR count). The number of hydrogen-bond donors (Lipinski definition) is 1.